The Morgan fingerprint density at radius 3 is 2.22 bits per heavy atom. The summed E-state index contributed by atoms with van der Waals surface area (Å²) in [5, 5.41) is 10.8. The number of benzene rings is 2. The first-order valence-electron chi connectivity index (χ1n) is 10.0. The first-order valence-corrected chi connectivity index (χ1v) is 11.9. The van der Waals surface area contributed by atoms with Crippen LogP contribution in [0.4, 0.5) is 18.9 Å². The van der Waals surface area contributed by atoms with Crippen LogP contribution < -0.4 is 5.32 Å². The standard InChI is InChI=1S/C22H18ClF3N2O3S/c23-16-4-3-14(22(29)28-15-8-17(24)20(26)18(25)9-15)7-19(16)32(30,31)21-12-1-2-13(21)6-11(5-12)10-27/h3-4,7-9,11-13,21H,1-2,5-6H2,(H,28,29)/t11-,12+,13?,21-/m1/s1. The Morgan fingerprint density at radius 2 is 1.66 bits per heavy atom. The molecule has 4 rings (SSSR count). The van der Waals surface area contributed by atoms with E-state index in [1.54, 1.807) is 0 Å². The van der Waals surface area contributed by atoms with Crippen LogP contribution in [-0.4, -0.2) is 19.6 Å². The normalized spacial score (nSPS) is 24.7. The predicted octanol–water partition coefficient (Wildman–Crippen LogP) is 5.11. The molecule has 2 aliphatic carbocycles. The molecule has 0 spiro atoms. The van der Waals surface area contributed by atoms with E-state index in [2.05, 4.69) is 11.4 Å². The zero-order valence-corrected chi connectivity index (χ0v) is 18.2. The molecule has 2 fully saturated rings. The summed E-state index contributed by atoms with van der Waals surface area (Å²) in [6.07, 6.45) is 2.45. The molecule has 0 aromatic heterocycles. The highest BCUT2D eigenvalue weighted by Gasteiger charge is 2.50. The van der Waals surface area contributed by atoms with Crippen molar-refractivity contribution < 1.29 is 26.4 Å². The number of amides is 1. The monoisotopic (exact) mass is 482 g/mol. The quantitative estimate of drug-likeness (QED) is 0.613. The van der Waals surface area contributed by atoms with Gasteiger partial charge < -0.3 is 5.32 Å². The van der Waals surface area contributed by atoms with Crippen molar-refractivity contribution in [3.8, 4) is 6.07 Å². The number of rotatable bonds is 4. The van der Waals surface area contributed by atoms with Crippen LogP contribution in [-0.2, 0) is 9.84 Å². The molecule has 1 amide bonds. The van der Waals surface area contributed by atoms with Crippen molar-refractivity contribution in [1.29, 1.82) is 5.26 Å². The van der Waals surface area contributed by atoms with Gasteiger partial charge in [0.15, 0.2) is 27.3 Å². The summed E-state index contributed by atoms with van der Waals surface area (Å²) < 4.78 is 66.9. The van der Waals surface area contributed by atoms with Crippen molar-refractivity contribution in [2.75, 3.05) is 5.32 Å². The van der Waals surface area contributed by atoms with Crippen molar-refractivity contribution in [2.45, 2.75) is 35.8 Å². The lowest BCUT2D eigenvalue weighted by Crippen LogP contribution is -2.37. The summed E-state index contributed by atoms with van der Waals surface area (Å²) in [6, 6.07) is 7.18. The average Bonchev–Trinajstić information content (AvgIpc) is 3.03. The minimum atomic E-state index is -3.90. The largest absolute Gasteiger partial charge is 0.322 e. The van der Waals surface area contributed by atoms with E-state index in [1.165, 1.54) is 12.1 Å². The van der Waals surface area contributed by atoms with Gasteiger partial charge in [0.25, 0.3) is 5.91 Å². The number of hydrogen-bond acceptors (Lipinski definition) is 4. The van der Waals surface area contributed by atoms with Gasteiger partial charge >= 0.3 is 0 Å². The van der Waals surface area contributed by atoms with Gasteiger partial charge in [-0.15, -0.1) is 0 Å². The van der Waals surface area contributed by atoms with Crippen LogP contribution in [0.3, 0.4) is 0 Å². The van der Waals surface area contributed by atoms with E-state index in [9.17, 15) is 31.6 Å². The van der Waals surface area contributed by atoms with Crippen molar-refractivity contribution in [1.82, 2.24) is 0 Å². The molecule has 168 valence electrons. The average molecular weight is 483 g/mol. The van der Waals surface area contributed by atoms with Gasteiger partial charge in [0.1, 0.15) is 0 Å². The number of carbonyl (C=O) groups excluding carboxylic acids is 1. The van der Waals surface area contributed by atoms with Crippen LogP contribution in [0, 0.1) is 46.5 Å². The number of fused-ring (bicyclic) bond motifs is 2. The maximum Gasteiger partial charge on any atom is 0.255 e. The molecule has 1 N–H and O–H groups in total. The molecule has 32 heavy (non-hydrogen) atoms. The van der Waals surface area contributed by atoms with E-state index in [0.717, 1.165) is 6.07 Å². The maximum atomic E-state index is 13.5. The number of hydrogen-bond donors (Lipinski definition) is 1. The third kappa shape index (κ3) is 3.97. The molecule has 2 aromatic rings. The molecule has 2 saturated carbocycles. The summed E-state index contributed by atoms with van der Waals surface area (Å²) in [4.78, 5) is 12.4. The number of halogens is 4. The highest BCUT2D eigenvalue weighted by atomic mass is 35.5. The number of anilines is 1. The van der Waals surface area contributed by atoms with Gasteiger partial charge in [-0.1, -0.05) is 11.6 Å². The minimum Gasteiger partial charge on any atom is -0.322 e. The molecule has 0 heterocycles. The highest BCUT2D eigenvalue weighted by molar-refractivity contribution is 7.92. The van der Waals surface area contributed by atoms with Crippen LogP contribution in [0.15, 0.2) is 35.2 Å². The van der Waals surface area contributed by atoms with E-state index in [1.807, 2.05) is 0 Å². The molecule has 10 heteroatoms. The Bertz CT molecular complexity index is 1210. The Morgan fingerprint density at radius 1 is 1.06 bits per heavy atom. The molecular formula is C22H18ClF3N2O3S. The summed E-state index contributed by atoms with van der Waals surface area (Å²) >= 11 is 6.19. The van der Waals surface area contributed by atoms with Crippen LogP contribution in [0.2, 0.25) is 5.02 Å². The fraction of sp³-hybridized carbons (Fsp3) is 0.364. The maximum absolute atomic E-state index is 13.5. The SMILES string of the molecule is N#C[C@H]1CC2CC[C@@H](C1)[C@H]2S(=O)(=O)c1cc(C(=O)Nc2cc(F)c(F)c(F)c2)ccc1Cl. The summed E-state index contributed by atoms with van der Waals surface area (Å²) in [5.74, 6) is -5.90. The fourth-order valence-electron chi connectivity index (χ4n) is 4.92. The summed E-state index contributed by atoms with van der Waals surface area (Å²) in [6.45, 7) is 0. The van der Waals surface area contributed by atoms with E-state index in [4.69, 9.17) is 11.6 Å². The van der Waals surface area contributed by atoms with Gasteiger partial charge in [-0.05, 0) is 55.7 Å². The van der Waals surface area contributed by atoms with E-state index < -0.39 is 38.4 Å². The Labute approximate surface area is 188 Å². The number of nitrogens with one attached hydrogen (secondary N) is 1. The molecule has 2 aromatic carbocycles. The Balaban J connectivity index is 1.63. The summed E-state index contributed by atoms with van der Waals surface area (Å²) in [7, 11) is -3.90. The van der Waals surface area contributed by atoms with E-state index in [-0.39, 0.29) is 38.9 Å². The second-order valence-corrected chi connectivity index (χ2v) is 10.7. The molecule has 2 aliphatic rings. The number of nitriles is 1. The van der Waals surface area contributed by atoms with E-state index in [0.29, 0.717) is 37.8 Å². The lowest BCUT2D eigenvalue weighted by molar-refractivity contribution is 0.102. The Hall–Kier alpha value is -2.57. The first-order chi connectivity index (χ1) is 15.1. The molecule has 1 unspecified atom stereocenters. The predicted molar refractivity (Wildman–Crippen MR) is 111 cm³/mol. The number of nitrogens with zero attached hydrogens (tertiary/aromatic N) is 1. The zero-order chi connectivity index (χ0) is 23.2. The van der Waals surface area contributed by atoms with Crippen LogP contribution in [0.1, 0.15) is 36.0 Å². The second-order valence-electron chi connectivity index (χ2n) is 8.26. The lowest BCUT2D eigenvalue weighted by atomic mass is 9.81. The van der Waals surface area contributed by atoms with Crippen molar-refractivity contribution in [3.05, 3.63) is 58.4 Å². The molecule has 0 aliphatic heterocycles. The van der Waals surface area contributed by atoms with Crippen LogP contribution in [0.25, 0.3) is 0 Å². The highest BCUT2D eigenvalue weighted by Crippen LogP contribution is 2.50. The first kappa shape index (κ1) is 22.6. The summed E-state index contributed by atoms with van der Waals surface area (Å²) in [5.41, 5.74) is -0.408. The molecule has 4 atom stereocenters. The van der Waals surface area contributed by atoms with Crippen molar-refractivity contribution in [3.63, 3.8) is 0 Å². The van der Waals surface area contributed by atoms with Crippen molar-refractivity contribution in [2.24, 2.45) is 17.8 Å². The number of carbonyl (C=O) groups is 1. The van der Waals surface area contributed by atoms with Gasteiger partial charge in [0, 0.05) is 29.3 Å². The molecule has 0 radical (unpaired) electrons. The van der Waals surface area contributed by atoms with Gasteiger partial charge in [0.05, 0.1) is 21.2 Å². The van der Waals surface area contributed by atoms with Gasteiger partial charge in [-0.25, -0.2) is 21.6 Å². The molecule has 5 nitrogen and oxygen atoms in total. The van der Waals surface area contributed by atoms with Gasteiger partial charge in [0.2, 0.25) is 0 Å². The third-order valence-electron chi connectivity index (χ3n) is 6.29. The van der Waals surface area contributed by atoms with Gasteiger partial charge in [-0.2, -0.15) is 5.26 Å². The molecule has 0 saturated heterocycles. The zero-order valence-electron chi connectivity index (χ0n) is 16.6. The minimum absolute atomic E-state index is 0.0396. The fourth-order valence-corrected chi connectivity index (χ4v) is 7.80. The molecule has 2 bridgehead atoms. The second kappa shape index (κ2) is 8.41. The van der Waals surface area contributed by atoms with Gasteiger partial charge in [-0.3, -0.25) is 4.79 Å². The third-order valence-corrected chi connectivity index (χ3v) is 9.17. The topological polar surface area (TPSA) is 87.0 Å². The lowest BCUT2D eigenvalue weighted by Gasteiger charge is -2.32. The Kier molecular flexibility index (Phi) is 5.94. The smallest absolute Gasteiger partial charge is 0.255 e. The molecular weight excluding hydrogens is 465 g/mol. The van der Waals surface area contributed by atoms with Crippen LogP contribution in [0.5, 0.6) is 0 Å². The number of sulfone groups is 1. The van der Waals surface area contributed by atoms with E-state index >= 15 is 0 Å². The van der Waals surface area contributed by atoms with Crippen LogP contribution >= 0.6 is 11.6 Å². The van der Waals surface area contributed by atoms with Crippen molar-refractivity contribution >= 4 is 33.0 Å².